The molecule has 1 fully saturated rings. The number of hydrogen-bond donors (Lipinski definition) is 1. The Morgan fingerprint density at radius 1 is 1.42 bits per heavy atom. The van der Waals surface area contributed by atoms with E-state index >= 15 is 0 Å². The Hall–Kier alpha value is -2.82. The molecule has 4 rings (SSSR count). The maximum absolute atomic E-state index is 13.1. The molecule has 1 N–H and O–H groups in total. The fourth-order valence-corrected chi connectivity index (χ4v) is 4.93. The first-order chi connectivity index (χ1) is 14.9. The van der Waals surface area contributed by atoms with Crippen LogP contribution >= 0.6 is 11.3 Å². The van der Waals surface area contributed by atoms with Gasteiger partial charge in [-0.15, -0.1) is 11.3 Å². The summed E-state index contributed by atoms with van der Waals surface area (Å²) in [7, 11) is 3.46. The number of carbonyl (C=O) groups excluding carboxylic acids is 2. The summed E-state index contributed by atoms with van der Waals surface area (Å²) in [5, 5.41) is 14.3. The largest absolute Gasteiger partial charge is 0.395 e. The van der Waals surface area contributed by atoms with Crippen molar-refractivity contribution in [2.24, 2.45) is 7.05 Å². The van der Waals surface area contributed by atoms with Crippen LogP contribution in [0.3, 0.4) is 0 Å². The number of aryl methyl sites for hydroxylation is 1. The van der Waals surface area contributed by atoms with E-state index in [1.807, 2.05) is 19.1 Å². The number of likely N-dealkylation sites (N-methyl/N-ethyl adjacent to an activating group) is 1. The number of aliphatic hydroxyl groups excluding tert-OH is 1. The molecular weight excluding hydrogens is 418 g/mol. The number of aliphatic hydroxyl groups is 1. The molecule has 2 amide bonds. The number of amides is 2. The van der Waals surface area contributed by atoms with Crippen LogP contribution < -0.4 is 0 Å². The van der Waals surface area contributed by atoms with Crippen molar-refractivity contribution >= 4 is 33.4 Å². The summed E-state index contributed by atoms with van der Waals surface area (Å²) in [4.78, 5) is 35.2. The summed E-state index contributed by atoms with van der Waals surface area (Å²) in [5.41, 5.74) is 2.13. The monoisotopic (exact) mass is 443 g/mol. The highest BCUT2D eigenvalue weighted by molar-refractivity contribution is 7.20. The molecule has 31 heavy (non-hydrogen) atoms. The third-order valence-electron chi connectivity index (χ3n) is 5.62. The molecule has 3 aromatic heterocycles. The normalized spacial score (nSPS) is 16.6. The van der Waals surface area contributed by atoms with Gasteiger partial charge in [0.15, 0.2) is 0 Å². The lowest BCUT2D eigenvalue weighted by Gasteiger charge is -2.33. The standard InChI is InChI=1S/C21H25N5O4S/c1-13-15(11-23-25(13)3)20(28)26-8-10-30-16(12-26)17-14-5-4-6-22-19(14)31-18(17)21(29)24(2)7-9-27/h4-6,11,16,27H,7-10,12H2,1-3H3. The van der Waals surface area contributed by atoms with Gasteiger partial charge in [-0.3, -0.25) is 14.3 Å². The van der Waals surface area contributed by atoms with Gasteiger partial charge in [0.05, 0.1) is 31.5 Å². The zero-order valence-corrected chi connectivity index (χ0v) is 18.6. The number of thiophene rings is 1. The van der Waals surface area contributed by atoms with Gasteiger partial charge < -0.3 is 19.6 Å². The second-order valence-corrected chi connectivity index (χ2v) is 8.53. The zero-order valence-electron chi connectivity index (χ0n) is 17.7. The lowest BCUT2D eigenvalue weighted by molar-refractivity contribution is -0.0223. The average Bonchev–Trinajstić information content (AvgIpc) is 3.33. The van der Waals surface area contributed by atoms with Crippen LogP contribution in [0.15, 0.2) is 24.5 Å². The SMILES string of the molecule is Cc1c(C(=O)N2CCOC(c3c(C(=O)N(C)CCO)sc4ncccc34)C2)cnn1C. The van der Waals surface area contributed by atoms with Crippen molar-refractivity contribution in [1.82, 2.24) is 24.6 Å². The van der Waals surface area contributed by atoms with Crippen LogP contribution in [0.25, 0.3) is 10.2 Å². The van der Waals surface area contributed by atoms with Crippen molar-refractivity contribution in [1.29, 1.82) is 0 Å². The minimum Gasteiger partial charge on any atom is -0.395 e. The lowest BCUT2D eigenvalue weighted by atomic mass is 10.0. The fourth-order valence-electron chi connectivity index (χ4n) is 3.74. The first-order valence-electron chi connectivity index (χ1n) is 10.1. The molecular formula is C21H25N5O4S. The Kier molecular flexibility index (Phi) is 6.03. The smallest absolute Gasteiger partial charge is 0.264 e. The molecule has 0 saturated carbocycles. The van der Waals surface area contributed by atoms with Crippen molar-refractivity contribution in [3.8, 4) is 0 Å². The molecule has 4 heterocycles. The molecule has 1 saturated heterocycles. The van der Waals surface area contributed by atoms with E-state index in [2.05, 4.69) is 10.1 Å². The molecule has 10 heteroatoms. The minimum absolute atomic E-state index is 0.0955. The Morgan fingerprint density at radius 2 is 2.23 bits per heavy atom. The summed E-state index contributed by atoms with van der Waals surface area (Å²) in [6, 6.07) is 3.75. The summed E-state index contributed by atoms with van der Waals surface area (Å²) in [6.45, 7) is 3.15. The Balaban J connectivity index is 1.69. The van der Waals surface area contributed by atoms with Crippen molar-refractivity contribution in [2.75, 3.05) is 39.9 Å². The molecule has 1 aliphatic rings. The summed E-state index contributed by atoms with van der Waals surface area (Å²) >= 11 is 1.31. The number of rotatable bonds is 5. The molecule has 1 aliphatic heterocycles. The minimum atomic E-state index is -0.450. The second kappa shape index (κ2) is 8.74. The van der Waals surface area contributed by atoms with Crippen molar-refractivity contribution in [3.63, 3.8) is 0 Å². The molecule has 9 nitrogen and oxygen atoms in total. The number of pyridine rings is 1. The van der Waals surface area contributed by atoms with E-state index < -0.39 is 6.10 Å². The predicted molar refractivity (Wildman–Crippen MR) is 116 cm³/mol. The van der Waals surface area contributed by atoms with Gasteiger partial charge in [0.1, 0.15) is 15.8 Å². The molecule has 1 unspecified atom stereocenters. The van der Waals surface area contributed by atoms with Gasteiger partial charge >= 0.3 is 0 Å². The number of ether oxygens (including phenoxy) is 1. The summed E-state index contributed by atoms with van der Waals surface area (Å²) < 4.78 is 7.73. The molecule has 0 radical (unpaired) electrons. The summed E-state index contributed by atoms with van der Waals surface area (Å²) in [5.74, 6) is -0.288. The third-order valence-corrected chi connectivity index (χ3v) is 6.74. The van der Waals surface area contributed by atoms with E-state index in [0.717, 1.165) is 21.5 Å². The van der Waals surface area contributed by atoms with Gasteiger partial charge in [-0.1, -0.05) is 6.07 Å². The van der Waals surface area contributed by atoms with Crippen LogP contribution in [-0.4, -0.2) is 81.4 Å². The van der Waals surface area contributed by atoms with Gasteiger partial charge in [-0.25, -0.2) is 4.98 Å². The Labute approximate surface area is 183 Å². The molecule has 0 aliphatic carbocycles. The van der Waals surface area contributed by atoms with Crippen LogP contribution in [0.5, 0.6) is 0 Å². The number of morpholine rings is 1. The zero-order chi connectivity index (χ0) is 22.1. The molecule has 0 aromatic carbocycles. The summed E-state index contributed by atoms with van der Waals surface area (Å²) in [6.07, 6.45) is 2.83. The Bertz CT molecular complexity index is 1120. The van der Waals surface area contributed by atoms with Gasteiger partial charge in [0.25, 0.3) is 11.8 Å². The predicted octanol–water partition coefficient (Wildman–Crippen LogP) is 1.62. The van der Waals surface area contributed by atoms with E-state index in [0.29, 0.717) is 30.1 Å². The van der Waals surface area contributed by atoms with E-state index in [1.54, 1.807) is 36.1 Å². The highest BCUT2D eigenvalue weighted by atomic mass is 32.1. The van der Waals surface area contributed by atoms with E-state index in [1.165, 1.54) is 16.2 Å². The quantitative estimate of drug-likeness (QED) is 0.643. The molecule has 1 atom stereocenters. The van der Waals surface area contributed by atoms with Gasteiger partial charge in [-0.05, 0) is 13.0 Å². The van der Waals surface area contributed by atoms with E-state index in [-0.39, 0.29) is 25.0 Å². The third kappa shape index (κ3) is 3.93. The van der Waals surface area contributed by atoms with Gasteiger partial charge in [-0.2, -0.15) is 5.10 Å². The number of carbonyl (C=O) groups is 2. The maximum Gasteiger partial charge on any atom is 0.264 e. The number of aromatic nitrogens is 3. The number of nitrogens with zero attached hydrogens (tertiary/aromatic N) is 5. The fraction of sp³-hybridized carbons (Fsp3) is 0.429. The van der Waals surface area contributed by atoms with Crippen LogP contribution in [0.2, 0.25) is 0 Å². The highest BCUT2D eigenvalue weighted by Gasteiger charge is 2.33. The van der Waals surface area contributed by atoms with Crippen molar-refractivity contribution in [3.05, 3.63) is 46.2 Å². The van der Waals surface area contributed by atoms with Crippen LogP contribution in [0.4, 0.5) is 0 Å². The van der Waals surface area contributed by atoms with Crippen LogP contribution in [0, 0.1) is 6.92 Å². The van der Waals surface area contributed by atoms with Crippen molar-refractivity contribution < 1.29 is 19.4 Å². The first kappa shape index (κ1) is 21.4. The van der Waals surface area contributed by atoms with E-state index in [4.69, 9.17) is 4.74 Å². The molecule has 164 valence electrons. The van der Waals surface area contributed by atoms with Gasteiger partial charge in [0.2, 0.25) is 0 Å². The van der Waals surface area contributed by atoms with E-state index in [9.17, 15) is 14.7 Å². The van der Waals surface area contributed by atoms with Crippen molar-refractivity contribution in [2.45, 2.75) is 13.0 Å². The Morgan fingerprint density at radius 3 is 2.94 bits per heavy atom. The first-order valence-corrected chi connectivity index (χ1v) is 10.9. The van der Waals surface area contributed by atoms with Crippen LogP contribution in [-0.2, 0) is 11.8 Å². The number of fused-ring (bicyclic) bond motifs is 1. The van der Waals surface area contributed by atoms with Gasteiger partial charge in [0, 0.05) is 50.0 Å². The second-order valence-electron chi connectivity index (χ2n) is 7.53. The molecule has 0 spiro atoms. The topological polar surface area (TPSA) is 101 Å². The molecule has 0 bridgehead atoms. The highest BCUT2D eigenvalue weighted by Crippen LogP contribution is 2.38. The molecule has 3 aromatic rings. The number of hydrogen-bond acceptors (Lipinski definition) is 7. The average molecular weight is 444 g/mol. The lowest BCUT2D eigenvalue weighted by Crippen LogP contribution is -2.42. The van der Waals surface area contributed by atoms with Crippen LogP contribution in [0.1, 0.15) is 37.4 Å². The maximum atomic E-state index is 13.1.